The Labute approximate surface area is 128 Å². The molecule has 4 rings (SSSR count). The second-order valence-corrected chi connectivity index (χ2v) is 6.94. The van der Waals surface area contributed by atoms with Crippen LogP contribution in [0.2, 0.25) is 0 Å². The van der Waals surface area contributed by atoms with Gasteiger partial charge in [-0.2, -0.15) is 0 Å². The molecule has 2 aliphatic rings. The first-order valence-electron chi connectivity index (χ1n) is 7.68. The van der Waals surface area contributed by atoms with E-state index in [-0.39, 0.29) is 6.29 Å². The van der Waals surface area contributed by atoms with E-state index in [1.165, 1.54) is 22.5 Å². The van der Waals surface area contributed by atoms with Crippen molar-refractivity contribution >= 4 is 21.6 Å². The lowest BCUT2D eigenvalue weighted by atomic mass is 9.97. The van der Waals surface area contributed by atoms with Gasteiger partial charge >= 0.3 is 0 Å². The summed E-state index contributed by atoms with van der Waals surface area (Å²) in [7, 11) is 0. The van der Waals surface area contributed by atoms with Crippen LogP contribution in [-0.4, -0.2) is 42.5 Å². The van der Waals surface area contributed by atoms with Crippen LogP contribution < -0.4 is 0 Å². The van der Waals surface area contributed by atoms with Crippen LogP contribution in [0.25, 0.3) is 10.2 Å². The van der Waals surface area contributed by atoms with E-state index in [2.05, 4.69) is 29.2 Å². The third-order valence-corrected chi connectivity index (χ3v) is 5.29. The quantitative estimate of drug-likeness (QED) is 0.873. The Hall–Kier alpha value is -1.01. The van der Waals surface area contributed by atoms with E-state index in [1.807, 2.05) is 11.3 Å². The van der Waals surface area contributed by atoms with Crippen molar-refractivity contribution in [2.45, 2.75) is 25.7 Å². The molecule has 0 N–H and O–H groups in total. The first kappa shape index (κ1) is 13.6. The highest BCUT2D eigenvalue weighted by Crippen LogP contribution is 2.28. The maximum absolute atomic E-state index is 5.68. The van der Waals surface area contributed by atoms with Crippen LogP contribution in [-0.2, 0) is 16.0 Å². The minimum absolute atomic E-state index is 0.0168. The van der Waals surface area contributed by atoms with Gasteiger partial charge in [0.05, 0.1) is 30.0 Å². The van der Waals surface area contributed by atoms with E-state index in [9.17, 15) is 0 Å². The smallest absolute Gasteiger partial charge is 0.161 e. The van der Waals surface area contributed by atoms with Gasteiger partial charge in [0, 0.05) is 12.5 Å². The predicted octanol–water partition coefficient (Wildman–Crippen LogP) is 2.88. The van der Waals surface area contributed by atoms with E-state index in [0.29, 0.717) is 5.92 Å². The van der Waals surface area contributed by atoms with Crippen molar-refractivity contribution in [2.24, 2.45) is 5.92 Å². The zero-order chi connectivity index (χ0) is 14.1. The Morgan fingerprint density at radius 3 is 2.95 bits per heavy atom. The molecule has 2 aromatic rings. The average molecular weight is 304 g/mol. The molecule has 2 fully saturated rings. The number of fused-ring (bicyclic) bond motifs is 1. The minimum atomic E-state index is 0.0168. The molecule has 0 spiro atoms. The van der Waals surface area contributed by atoms with Gasteiger partial charge in [0.15, 0.2) is 6.29 Å². The van der Waals surface area contributed by atoms with Crippen molar-refractivity contribution in [1.29, 1.82) is 0 Å². The van der Waals surface area contributed by atoms with E-state index < -0.39 is 0 Å². The van der Waals surface area contributed by atoms with Gasteiger partial charge in [0.1, 0.15) is 5.01 Å². The van der Waals surface area contributed by atoms with Gasteiger partial charge < -0.3 is 9.47 Å². The van der Waals surface area contributed by atoms with Gasteiger partial charge in [-0.05, 0) is 31.5 Å². The zero-order valence-electron chi connectivity index (χ0n) is 12.0. The molecule has 2 saturated heterocycles. The number of aromatic nitrogens is 1. The molecule has 2 aliphatic heterocycles. The lowest BCUT2D eigenvalue weighted by Gasteiger charge is -2.34. The number of thiazole rings is 1. The summed E-state index contributed by atoms with van der Waals surface area (Å²) in [5.74, 6) is 0.510. The Balaban J connectivity index is 1.43. The number of rotatable bonds is 3. The number of ether oxygens (including phenoxy) is 2. The van der Waals surface area contributed by atoms with E-state index in [4.69, 9.17) is 14.5 Å². The second kappa shape index (κ2) is 6.01. The predicted molar refractivity (Wildman–Crippen MR) is 83.3 cm³/mol. The van der Waals surface area contributed by atoms with Crippen LogP contribution in [0.5, 0.6) is 0 Å². The monoisotopic (exact) mass is 304 g/mol. The molecule has 0 saturated carbocycles. The molecule has 0 bridgehead atoms. The van der Waals surface area contributed by atoms with Gasteiger partial charge in [-0.15, -0.1) is 11.3 Å². The second-order valence-electron chi connectivity index (χ2n) is 5.82. The molecule has 1 atom stereocenters. The Morgan fingerprint density at radius 2 is 2.10 bits per heavy atom. The van der Waals surface area contributed by atoms with Crippen LogP contribution >= 0.6 is 11.3 Å². The van der Waals surface area contributed by atoms with Gasteiger partial charge in [-0.25, -0.2) is 4.98 Å². The molecule has 112 valence electrons. The number of likely N-dealkylation sites (tertiary alicyclic amines) is 1. The van der Waals surface area contributed by atoms with Gasteiger partial charge in [-0.3, -0.25) is 4.90 Å². The molecule has 4 nitrogen and oxygen atoms in total. The molecule has 0 aliphatic carbocycles. The molecule has 0 amide bonds. The van der Waals surface area contributed by atoms with Gasteiger partial charge in [0.25, 0.3) is 0 Å². The Bertz CT molecular complexity index is 576. The third-order valence-electron chi connectivity index (χ3n) is 4.27. The highest BCUT2D eigenvalue weighted by Gasteiger charge is 2.31. The highest BCUT2D eigenvalue weighted by molar-refractivity contribution is 7.18. The zero-order valence-corrected chi connectivity index (χ0v) is 12.8. The summed E-state index contributed by atoms with van der Waals surface area (Å²) < 4.78 is 12.6. The molecule has 1 unspecified atom stereocenters. The van der Waals surface area contributed by atoms with Gasteiger partial charge in [-0.1, -0.05) is 12.1 Å². The molecule has 21 heavy (non-hydrogen) atoms. The molecular weight excluding hydrogens is 284 g/mol. The number of para-hydroxylation sites is 1. The summed E-state index contributed by atoms with van der Waals surface area (Å²) in [6.45, 7) is 4.65. The maximum atomic E-state index is 5.68. The number of nitrogens with zero attached hydrogens (tertiary/aromatic N) is 2. The van der Waals surface area contributed by atoms with Crippen LogP contribution in [0.3, 0.4) is 0 Å². The first-order valence-corrected chi connectivity index (χ1v) is 8.50. The molecule has 5 heteroatoms. The highest BCUT2D eigenvalue weighted by atomic mass is 32.1. The molecule has 0 radical (unpaired) electrons. The topological polar surface area (TPSA) is 34.6 Å². The summed E-state index contributed by atoms with van der Waals surface area (Å²) in [6, 6.07) is 8.37. The fourth-order valence-electron chi connectivity index (χ4n) is 3.28. The minimum Gasteiger partial charge on any atom is -0.350 e. The van der Waals surface area contributed by atoms with Gasteiger partial charge in [0.2, 0.25) is 0 Å². The SMILES string of the molecule is c1ccc2sc(CN3CCCC(C4OCCO4)C3)nc2c1. The Kier molecular flexibility index (Phi) is 3.90. The number of benzene rings is 1. The summed E-state index contributed by atoms with van der Waals surface area (Å²) in [5.41, 5.74) is 1.12. The van der Waals surface area contributed by atoms with Crippen molar-refractivity contribution in [3.05, 3.63) is 29.3 Å². The van der Waals surface area contributed by atoms with E-state index in [1.54, 1.807) is 0 Å². The lowest BCUT2D eigenvalue weighted by Crippen LogP contribution is -2.40. The van der Waals surface area contributed by atoms with Crippen molar-refractivity contribution in [3.8, 4) is 0 Å². The third kappa shape index (κ3) is 2.97. The summed E-state index contributed by atoms with van der Waals surface area (Å²) in [4.78, 5) is 7.24. The van der Waals surface area contributed by atoms with Crippen molar-refractivity contribution in [2.75, 3.05) is 26.3 Å². The van der Waals surface area contributed by atoms with Crippen molar-refractivity contribution in [1.82, 2.24) is 9.88 Å². The standard InChI is InChI=1S/C16H20N2O2S/c1-2-6-14-13(5-1)17-15(21-14)11-18-7-3-4-12(10-18)16-19-8-9-20-16/h1-2,5-6,12,16H,3-4,7-11H2. The number of piperidine rings is 1. The van der Waals surface area contributed by atoms with E-state index in [0.717, 1.165) is 38.4 Å². The average Bonchev–Trinajstić information content (AvgIpc) is 3.16. The number of hydrogen-bond donors (Lipinski definition) is 0. The lowest BCUT2D eigenvalue weighted by molar-refractivity contribution is -0.101. The van der Waals surface area contributed by atoms with E-state index >= 15 is 0 Å². The van der Waals surface area contributed by atoms with Crippen LogP contribution in [0, 0.1) is 5.92 Å². The fourth-order valence-corrected chi connectivity index (χ4v) is 4.29. The first-order chi connectivity index (χ1) is 10.4. The summed E-state index contributed by atoms with van der Waals surface area (Å²) in [5, 5.41) is 1.21. The molecule has 3 heterocycles. The number of hydrogen-bond acceptors (Lipinski definition) is 5. The Morgan fingerprint density at radius 1 is 1.24 bits per heavy atom. The maximum Gasteiger partial charge on any atom is 0.161 e. The van der Waals surface area contributed by atoms with Crippen molar-refractivity contribution < 1.29 is 9.47 Å². The normalized spacial score (nSPS) is 24.9. The molecule has 1 aromatic carbocycles. The van der Waals surface area contributed by atoms with Crippen molar-refractivity contribution in [3.63, 3.8) is 0 Å². The van der Waals surface area contributed by atoms with Crippen LogP contribution in [0.15, 0.2) is 24.3 Å². The molecular formula is C16H20N2O2S. The van der Waals surface area contributed by atoms with Crippen LogP contribution in [0.1, 0.15) is 17.8 Å². The summed E-state index contributed by atoms with van der Waals surface area (Å²) in [6.07, 6.45) is 2.45. The summed E-state index contributed by atoms with van der Waals surface area (Å²) >= 11 is 1.81. The van der Waals surface area contributed by atoms with Crippen LogP contribution in [0.4, 0.5) is 0 Å². The fraction of sp³-hybridized carbons (Fsp3) is 0.562. The molecule has 1 aromatic heterocycles. The largest absolute Gasteiger partial charge is 0.350 e.